The van der Waals surface area contributed by atoms with E-state index in [9.17, 15) is 14.7 Å². The van der Waals surface area contributed by atoms with Gasteiger partial charge in [-0.3, -0.25) is 9.59 Å². The normalized spacial score (nSPS) is 17.9. The molecule has 170 valence electrons. The number of likely N-dealkylation sites (tertiary alicyclic amines) is 1. The van der Waals surface area contributed by atoms with Crippen LogP contribution in [-0.4, -0.2) is 59.4 Å². The Hall–Kier alpha value is -3.12. The molecule has 6 nitrogen and oxygen atoms in total. The minimum atomic E-state index is -0.674. The molecule has 1 saturated heterocycles. The highest BCUT2D eigenvalue weighted by Gasteiger charge is 2.46. The second kappa shape index (κ2) is 10.5. The Bertz CT molecular complexity index is 993. The minimum Gasteiger partial charge on any atom is -0.507 e. The number of carbonyl (C=O) groups is 2. The molecular formula is C26H32N2O4. The van der Waals surface area contributed by atoms with E-state index in [-0.39, 0.29) is 11.3 Å². The van der Waals surface area contributed by atoms with Gasteiger partial charge in [0.25, 0.3) is 11.7 Å². The smallest absolute Gasteiger partial charge is 0.295 e. The molecule has 0 aliphatic carbocycles. The van der Waals surface area contributed by atoms with Gasteiger partial charge in [-0.05, 0) is 44.6 Å². The van der Waals surface area contributed by atoms with Gasteiger partial charge in [0.1, 0.15) is 11.5 Å². The van der Waals surface area contributed by atoms with Gasteiger partial charge in [-0.15, -0.1) is 0 Å². The molecule has 1 aliphatic rings. The molecule has 0 radical (unpaired) electrons. The van der Waals surface area contributed by atoms with Gasteiger partial charge in [0, 0.05) is 18.7 Å². The zero-order valence-electron chi connectivity index (χ0n) is 19.3. The van der Waals surface area contributed by atoms with Crippen molar-refractivity contribution in [3.63, 3.8) is 0 Å². The minimum absolute atomic E-state index is 0.118. The van der Waals surface area contributed by atoms with E-state index in [4.69, 9.17) is 4.74 Å². The van der Waals surface area contributed by atoms with Crippen LogP contribution in [0.5, 0.6) is 5.75 Å². The molecule has 1 amide bonds. The summed E-state index contributed by atoms with van der Waals surface area (Å²) < 4.78 is 5.65. The van der Waals surface area contributed by atoms with E-state index in [1.807, 2.05) is 50.2 Å². The quantitative estimate of drug-likeness (QED) is 0.363. The molecule has 1 N–H and O–H groups in total. The Morgan fingerprint density at radius 2 is 1.75 bits per heavy atom. The summed E-state index contributed by atoms with van der Waals surface area (Å²) in [6.45, 7) is 11.2. The molecule has 0 spiro atoms. The number of carbonyl (C=O) groups excluding carboxylic acids is 2. The SMILES string of the molecule is CCOc1cccc(C2C(=C(O)c3ccc(C)cc3)C(=O)C(=O)N2CCN(CC)CC)c1. The second-order valence-electron chi connectivity index (χ2n) is 7.89. The molecule has 0 aromatic heterocycles. The zero-order valence-corrected chi connectivity index (χ0v) is 19.3. The lowest BCUT2D eigenvalue weighted by molar-refractivity contribution is -0.140. The highest BCUT2D eigenvalue weighted by atomic mass is 16.5. The molecule has 0 bridgehead atoms. The average molecular weight is 437 g/mol. The number of hydrogen-bond donors (Lipinski definition) is 1. The van der Waals surface area contributed by atoms with E-state index in [1.165, 1.54) is 0 Å². The summed E-state index contributed by atoms with van der Waals surface area (Å²) >= 11 is 0. The number of ketones is 1. The molecule has 6 heteroatoms. The molecule has 1 heterocycles. The monoisotopic (exact) mass is 436 g/mol. The Labute approximate surface area is 190 Å². The fourth-order valence-corrected chi connectivity index (χ4v) is 4.05. The Kier molecular flexibility index (Phi) is 7.70. The largest absolute Gasteiger partial charge is 0.507 e. The van der Waals surface area contributed by atoms with Crippen molar-refractivity contribution in [3.05, 3.63) is 70.8 Å². The first-order chi connectivity index (χ1) is 15.4. The summed E-state index contributed by atoms with van der Waals surface area (Å²) in [5, 5.41) is 11.1. The van der Waals surface area contributed by atoms with Crippen molar-refractivity contribution < 1.29 is 19.4 Å². The van der Waals surface area contributed by atoms with E-state index in [0.717, 1.165) is 24.2 Å². The van der Waals surface area contributed by atoms with E-state index < -0.39 is 17.7 Å². The molecule has 0 saturated carbocycles. The van der Waals surface area contributed by atoms with Crippen LogP contribution in [0.25, 0.3) is 5.76 Å². The summed E-state index contributed by atoms with van der Waals surface area (Å²) in [4.78, 5) is 30.0. The number of nitrogens with zero attached hydrogens (tertiary/aromatic N) is 2. The average Bonchev–Trinajstić information content (AvgIpc) is 3.05. The predicted octanol–water partition coefficient (Wildman–Crippen LogP) is 4.16. The molecule has 2 aromatic rings. The number of amides is 1. The fraction of sp³-hybridized carbons (Fsp3) is 0.385. The van der Waals surface area contributed by atoms with Gasteiger partial charge in [0.15, 0.2) is 0 Å². The lowest BCUT2D eigenvalue weighted by Gasteiger charge is -2.28. The third-order valence-electron chi connectivity index (χ3n) is 5.90. The highest BCUT2D eigenvalue weighted by molar-refractivity contribution is 6.46. The van der Waals surface area contributed by atoms with Crippen LogP contribution in [-0.2, 0) is 9.59 Å². The number of aliphatic hydroxyl groups excluding tert-OH is 1. The number of hydrogen-bond acceptors (Lipinski definition) is 5. The summed E-state index contributed by atoms with van der Waals surface area (Å²) in [7, 11) is 0. The van der Waals surface area contributed by atoms with Crippen molar-refractivity contribution in [2.45, 2.75) is 33.7 Å². The molecule has 1 aliphatic heterocycles. The maximum atomic E-state index is 13.1. The van der Waals surface area contributed by atoms with Crippen molar-refractivity contribution in [1.82, 2.24) is 9.80 Å². The van der Waals surface area contributed by atoms with Crippen molar-refractivity contribution in [2.75, 3.05) is 32.8 Å². The van der Waals surface area contributed by atoms with Crippen LogP contribution in [0, 0.1) is 6.92 Å². The molecule has 1 fully saturated rings. The Morgan fingerprint density at radius 1 is 1.06 bits per heavy atom. The van der Waals surface area contributed by atoms with Crippen LogP contribution in [0.2, 0.25) is 0 Å². The van der Waals surface area contributed by atoms with E-state index >= 15 is 0 Å². The van der Waals surface area contributed by atoms with Gasteiger partial charge < -0.3 is 19.6 Å². The van der Waals surface area contributed by atoms with E-state index in [2.05, 4.69) is 18.7 Å². The zero-order chi connectivity index (χ0) is 23.3. The highest BCUT2D eigenvalue weighted by Crippen LogP contribution is 2.40. The van der Waals surface area contributed by atoms with Crippen molar-refractivity contribution in [3.8, 4) is 5.75 Å². The molecule has 1 unspecified atom stereocenters. The van der Waals surface area contributed by atoms with Crippen LogP contribution in [0.4, 0.5) is 0 Å². The van der Waals surface area contributed by atoms with Gasteiger partial charge in [0.05, 0.1) is 18.2 Å². The summed E-state index contributed by atoms with van der Waals surface area (Å²) in [6, 6.07) is 14.0. The third-order valence-corrected chi connectivity index (χ3v) is 5.90. The predicted molar refractivity (Wildman–Crippen MR) is 126 cm³/mol. The molecular weight excluding hydrogens is 404 g/mol. The van der Waals surface area contributed by atoms with Gasteiger partial charge in [-0.1, -0.05) is 55.8 Å². The first-order valence-electron chi connectivity index (χ1n) is 11.2. The lowest BCUT2D eigenvalue weighted by atomic mass is 9.95. The van der Waals surface area contributed by atoms with Gasteiger partial charge in [-0.25, -0.2) is 0 Å². The lowest BCUT2D eigenvalue weighted by Crippen LogP contribution is -2.38. The fourth-order valence-electron chi connectivity index (χ4n) is 4.05. The summed E-state index contributed by atoms with van der Waals surface area (Å²) in [6.07, 6.45) is 0. The number of benzene rings is 2. The third kappa shape index (κ3) is 4.86. The van der Waals surface area contributed by atoms with Crippen LogP contribution in [0.1, 0.15) is 43.5 Å². The maximum Gasteiger partial charge on any atom is 0.295 e. The number of aliphatic hydroxyl groups is 1. The summed E-state index contributed by atoms with van der Waals surface area (Å²) in [5.74, 6) is -0.734. The molecule has 32 heavy (non-hydrogen) atoms. The Morgan fingerprint density at radius 3 is 2.38 bits per heavy atom. The number of aryl methyl sites for hydroxylation is 1. The van der Waals surface area contributed by atoms with Gasteiger partial charge in [0.2, 0.25) is 0 Å². The van der Waals surface area contributed by atoms with Crippen LogP contribution < -0.4 is 4.74 Å². The van der Waals surface area contributed by atoms with Crippen LogP contribution >= 0.6 is 0 Å². The molecule has 2 aromatic carbocycles. The standard InChI is InChI=1S/C26H32N2O4/c1-5-27(6-2)15-16-28-23(20-9-8-10-21(17-20)32-7-3)22(25(30)26(28)31)24(29)19-13-11-18(4)12-14-19/h8-14,17,23,29H,5-7,15-16H2,1-4H3. The topological polar surface area (TPSA) is 70.1 Å². The second-order valence-corrected chi connectivity index (χ2v) is 7.89. The van der Waals surface area contributed by atoms with Gasteiger partial charge in [-0.2, -0.15) is 0 Å². The number of likely N-dealkylation sites (N-methyl/N-ethyl adjacent to an activating group) is 1. The first kappa shape index (κ1) is 23.5. The van der Waals surface area contributed by atoms with Crippen molar-refractivity contribution in [1.29, 1.82) is 0 Å². The van der Waals surface area contributed by atoms with Crippen molar-refractivity contribution >= 4 is 17.4 Å². The first-order valence-corrected chi connectivity index (χ1v) is 11.2. The van der Waals surface area contributed by atoms with Crippen LogP contribution in [0.15, 0.2) is 54.1 Å². The van der Waals surface area contributed by atoms with E-state index in [1.54, 1.807) is 17.0 Å². The van der Waals surface area contributed by atoms with Crippen molar-refractivity contribution in [2.24, 2.45) is 0 Å². The Balaban J connectivity index is 2.10. The molecule has 3 rings (SSSR count). The van der Waals surface area contributed by atoms with E-state index in [0.29, 0.717) is 31.0 Å². The maximum absolute atomic E-state index is 13.1. The molecule has 1 atom stereocenters. The number of Topliss-reactive ketones (excluding diaryl/α,β-unsaturated/α-hetero) is 1. The number of rotatable bonds is 9. The summed E-state index contributed by atoms with van der Waals surface area (Å²) in [5.41, 5.74) is 2.42. The van der Waals surface area contributed by atoms with Crippen LogP contribution in [0.3, 0.4) is 0 Å². The number of ether oxygens (including phenoxy) is 1. The van der Waals surface area contributed by atoms with Gasteiger partial charge >= 0.3 is 0 Å².